The van der Waals surface area contributed by atoms with Gasteiger partial charge >= 0.3 is 0 Å². The summed E-state index contributed by atoms with van der Waals surface area (Å²) in [5, 5.41) is 2.49. The molecule has 0 bridgehead atoms. The first-order valence-corrected chi connectivity index (χ1v) is 20.5. The van der Waals surface area contributed by atoms with Crippen LogP contribution >= 0.6 is 0 Å². The number of fused-ring (bicyclic) bond motifs is 4. The summed E-state index contributed by atoms with van der Waals surface area (Å²) in [4.78, 5) is 2.62. The van der Waals surface area contributed by atoms with E-state index in [1.807, 2.05) is 0 Å². The van der Waals surface area contributed by atoms with Crippen LogP contribution in [-0.2, 0) is 5.41 Å². The molecule has 8 aromatic rings. The molecule has 0 heterocycles. The molecule has 1 nitrogen and oxygen atoms in total. The highest BCUT2D eigenvalue weighted by Gasteiger charge is 2.47. The minimum atomic E-state index is -0.494. The smallest absolute Gasteiger partial charge is 0.0714 e. The van der Waals surface area contributed by atoms with Crippen molar-refractivity contribution in [2.24, 2.45) is 0 Å². The highest BCUT2D eigenvalue weighted by Crippen LogP contribution is 2.58. The molecule has 0 radical (unpaired) electrons. The Morgan fingerprint density at radius 3 is 1.80 bits per heavy atom. The third kappa shape index (κ3) is 5.52. The van der Waals surface area contributed by atoms with E-state index in [-0.39, 0.29) is 0 Å². The Morgan fingerprint density at radius 2 is 1.07 bits per heavy atom. The molecule has 10 rings (SSSR count). The maximum absolute atomic E-state index is 2.62. The molecule has 1 fully saturated rings. The summed E-state index contributed by atoms with van der Waals surface area (Å²) in [5.41, 5.74) is 17.6. The number of benzene rings is 8. The fourth-order valence-electron chi connectivity index (χ4n) is 10.2. The summed E-state index contributed by atoms with van der Waals surface area (Å²) < 4.78 is 0. The van der Waals surface area contributed by atoms with Gasteiger partial charge in [0.15, 0.2) is 0 Å². The number of anilines is 3. The zero-order chi connectivity index (χ0) is 37.6. The second kappa shape index (κ2) is 14.2. The van der Waals surface area contributed by atoms with Gasteiger partial charge in [0.2, 0.25) is 0 Å². The van der Waals surface area contributed by atoms with Crippen molar-refractivity contribution >= 4 is 27.8 Å². The predicted molar refractivity (Wildman–Crippen MR) is 237 cm³/mol. The van der Waals surface area contributed by atoms with Gasteiger partial charge in [-0.3, -0.25) is 0 Å². The number of hydrogen-bond donors (Lipinski definition) is 0. The molecule has 56 heavy (non-hydrogen) atoms. The Labute approximate surface area is 331 Å². The SMILES string of the molecule is Cc1ccccc1-c1cc2ccccc2cc1N(c1ccc2c(c1)C(c1ccccc1)(c1ccccc1)c1cccc(C)c1-2)c1ccccc1C1CCCCC1. The Bertz CT molecular complexity index is 2660. The second-order valence-electron chi connectivity index (χ2n) is 16.0. The van der Waals surface area contributed by atoms with Crippen LogP contribution in [0.25, 0.3) is 33.0 Å². The zero-order valence-electron chi connectivity index (χ0n) is 32.4. The molecule has 0 unspecified atom stereocenters. The largest absolute Gasteiger partial charge is 0.310 e. The van der Waals surface area contributed by atoms with E-state index in [9.17, 15) is 0 Å². The summed E-state index contributed by atoms with van der Waals surface area (Å²) >= 11 is 0. The third-order valence-electron chi connectivity index (χ3n) is 12.8. The van der Waals surface area contributed by atoms with Gasteiger partial charge in [0.1, 0.15) is 0 Å². The minimum absolute atomic E-state index is 0.494. The van der Waals surface area contributed by atoms with Gasteiger partial charge in [-0.05, 0) is 129 Å². The van der Waals surface area contributed by atoms with E-state index >= 15 is 0 Å². The Balaban J connectivity index is 1.31. The van der Waals surface area contributed by atoms with Crippen molar-refractivity contribution in [2.75, 3.05) is 4.90 Å². The molecule has 272 valence electrons. The van der Waals surface area contributed by atoms with E-state index in [2.05, 4.69) is 201 Å². The number of nitrogens with zero attached hydrogens (tertiary/aromatic N) is 1. The molecule has 2 aliphatic rings. The van der Waals surface area contributed by atoms with Gasteiger partial charge in [-0.25, -0.2) is 0 Å². The normalized spacial score (nSPS) is 14.7. The molecule has 8 aromatic carbocycles. The van der Waals surface area contributed by atoms with Gasteiger partial charge in [-0.2, -0.15) is 0 Å². The van der Waals surface area contributed by atoms with E-state index in [4.69, 9.17) is 0 Å². The summed E-state index contributed by atoms with van der Waals surface area (Å²) in [7, 11) is 0. The lowest BCUT2D eigenvalue weighted by atomic mass is 9.67. The first kappa shape index (κ1) is 34.3. The number of hydrogen-bond acceptors (Lipinski definition) is 1. The van der Waals surface area contributed by atoms with Crippen molar-refractivity contribution in [3.8, 4) is 22.3 Å². The van der Waals surface area contributed by atoms with Gasteiger partial charge in [0, 0.05) is 16.9 Å². The molecule has 0 amide bonds. The number of rotatable bonds is 7. The quantitative estimate of drug-likeness (QED) is 0.158. The lowest BCUT2D eigenvalue weighted by Gasteiger charge is -2.36. The van der Waals surface area contributed by atoms with E-state index < -0.39 is 5.41 Å². The van der Waals surface area contributed by atoms with Crippen molar-refractivity contribution in [1.82, 2.24) is 0 Å². The minimum Gasteiger partial charge on any atom is -0.310 e. The molecule has 0 N–H and O–H groups in total. The highest BCUT2D eigenvalue weighted by atomic mass is 15.1. The second-order valence-corrected chi connectivity index (χ2v) is 16.0. The topological polar surface area (TPSA) is 3.24 Å². The van der Waals surface area contributed by atoms with Crippen LogP contribution in [0.5, 0.6) is 0 Å². The Morgan fingerprint density at radius 1 is 0.446 bits per heavy atom. The molecule has 2 aliphatic carbocycles. The lowest BCUT2D eigenvalue weighted by Crippen LogP contribution is -2.28. The first-order valence-electron chi connectivity index (χ1n) is 20.5. The van der Waals surface area contributed by atoms with Gasteiger partial charge in [-0.15, -0.1) is 0 Å². The van der Waals surface area contributed by atoms with Gasteiger partial charge in [0.25, 0.3) is 0 Å². The van der Waals surface area contributed by atoms with Crippen molar-refractivity contribution in [2.45, 2.75) is 57.3 Å². The van der Waals surface area contributed by atoms with Gasteiger partial charge in [-0.1, -0.05) is 171 Å². The number of aryl methyl sites for hydroxylation is 2. The fourth-order valence-corrected chi connectivity index (χ4v) is 10.2. The van der Waals surface area contributed by atoms with Crippen LogP contribution in [-0.4, -0.2) is 0 Å². The van der Waals surface area contributed by atoms with Crippen molar-refractivity contribution in [1.29, 1.82) is 0 Å². The van der Waals surface area contributed by atoms with Crippen LogP contribution in [0.2, 0.25) is 0 Å². The first-order chi connectivity index (χ1) is 27.6. The van der Waals surface area contributed by atoms with Crippen molar-refractivity contribution in [3.05, 3.63) is 221 Å². The molecule has 1 saturated carbocycles. The third-order valence-corrected chi connectivity index (χ3v) is 12.8. The maximum atomic E-state index is 2.62. The van der Waals surface area contributed by atoms with E-state index in [0.29, 0.717) is 5.92 Å². The monoisotopic (exact) mass is 721 g/mol. The van der Waals surface area contributed by atoms with Crippen LogP contribution in [0.15, 0.2) is 182 Å². The molecule has 1 heteroatoms. The standard InChI is InChI=1S/C55H47N/c1-38-19-12-15-29-46(38)49-35-41-23-13-14-24-42(41)36-53(49)56(52-32-17-16-30-47(52)40-21-6-3-7-22-40)45-33-34-48-51(37-45)55(43-25-8-4-9-26-43,44-27-10-5-11-28-44)50-31-18-20-39(2)54(48)50/h4-5,8-20,23-37,40H,3,6-7,21-22H2,1-2H3. The van der Waals surface area contributed by atoms with E-state index in [1.165, 1.54) is 121 Å². The lowest BCUT2D eigenvalue weighted by molar-refractivity contribution is 0.444. The molecule has 0 atom stereocenters. The van der Waals surface area contributed by atoms with Crippen LogP contribution in [0.4, 0.5) is 17.1 Å². The maximum Gasteiger partial charge on any atom is 0.0714 e. The van der Waals surface area contributed by atoms with E-state index in [0.717, 1.165) is 0 Å². The van der Waals surface area contributed by atoms with Crippen LogP contribution in [0, 0.1) is 13.8 Å². The summed E-state index contributed by atoms with van der Waals surface area (Å²) in [6.07, 6.45) is 6.37. The summed E-state index contributed by atoms with van der Waals surface area (Å²) in [6, 6.07) is 68.6. The van der Waals surface area contributed by atoms with Crippen LogP contribution < -0.4 is 4.90 Å². The zero-order valence-corrected chi connectivity index (χ0v) is 32.4. The Kier molecular flexibility index (Phi) is 8.67. The average molecular weight is 722 g/mol. The van der Waals surface area contributed by atoms with Crippen LogP contribution in [0.1, 0.15) is 77.0 Å². The van der Waals surface area contributed by atoms with Gasteiger partial charge < -0.3 is 4.90 Å². The summed E-state index contributed by atoms with van der Waals surface area (Å²) in [6.45, 7) is 4.52. The summed E-state index contributed by atoms with van der Waals surface area (Å²) in [5.74, 6) is 0.527. The van der Waals surface area contributed by atoms with E-state index in [1.54, 1.807) is 0 Å². The average Bonchev–Trinajstić information content (AvgIpc) is 3.56. The molecular formula is C55H47N. The molecule has 0 aromatic heterocycles. The molecular weight excluding hydrogens is 675 g/mol. The molecule has 0 spiro atoms. The van der Waals surface area contributed by atoms with Crippen molar-refractivity contribution in [3.63, 3.8) is 0 Å². The predicted octanol–water partition coefficient (Wildman–Crippen LogP) is 15.0. The molecule has 0 saturated heterocycles. The van der Waals surface area contributed by atoms with Crippen molar-refractivity contribution < 1.29 is 0 Å². The fraction of sp³-hybridized carbons (Fsp3) is 0.164. The highest BCUT2D eigenvalue weighted by molar-refractivity contribution is 6.00. The van der Waals surface area contributed by atoms with Gasteiger partial charge in [0.05, 0.1) is 11.1 Å². The number of para-hydroxylation sites is 1. The molecule has 0 aliphatic heterocycles. The Hall–Kier alpha value is -6.18. The van der Waals surface area contributed by atoms with Crippen LogP contribution in [0.3, 0.4) is 0 Å².